The molecule has 1 aromatic rings. The molecule has 0 bridgehead atoms. The van der Waals surface area contributed by atoms with Crippen LogP contribution in [0.1, 0.15) is 5.56 Å². The smallest absolute Gasteiger partial charge is 0.194 e. The van der Waals surface area contributed by atoms with Gasteiger partial charge >= 0.3 is 18.0 Å². The van der Waals surface area contributed by atoms with Crippen molar-refractivity contribution in [2.75, 3.05) is 0 Å². The molecule has 0 spiro atoms. The Kier molecular flexibility index (Phi) is 2.50. The first-order chi connectivity index (χ1) is 8.10. The lowest BCUT2D eigenvalue weighted by atomic mass is 9.76. The van der Waals surface area contributed by atoms with Crippen molar-refractivity contribution < 1.29 is 30.7 Å². The van der Waals surface area contributed by atoms with Crippen LogP contribution in [-0.4, -0.2) is 18.0 Å². The Hall–Kier alpha value is -1.53. The van der Waals surface area contributed by atoms with E-state index in [4.69, 9.17) is 0 Å². The van der Waals surface area contributed by atoms with E-state index in [1.807, 2.05) is 0 Å². The maximum absolute atomic E-state index is 13.1. The Labute approximate surface area is 96.7 Å². The second-order valence-corrected chi connectivity index (χ2v) is 3.76. The monoisotopic (exact) mass is 270 g/mol. The third-order valence-electron chi connectivity index (χ3n) is 2.62. The summed E-state index contributed by atoms with van der Waals surface area (Å²) in [5.41, 5.74) is -4.67. The predicted molar refractivity (Wildman–Crippen MR) is 49.3 cm³/mol. The van der Waals surface area contributed by atoms with E-state index in [1.165, 1.54) is 18.2 Å². The van der Waals surface area contributed by atoms with Gasteiger partial charge in [0.25, 0.3) is 0 Å². The van der Waals surface area contributed by atoms with Gasteiger partial charge < -0.3 is 0 Å². The molecule has 0 N–H and O–H groups in total. The number of alkyl halides is 7. The van der Waals surface area contributed by atoms with Crippen LogP contribution in [0.4, 0.5) is 30.7 Å². The lowest BCUT2D eigenvalue weighted by Gasteiger charge is -2.41. The minimum Gasteiger partial charge on any atom is -0.194 e. The van der Waals surface area contributed by atoms with Crippen LogP contribution in [0.25, 0.3) is 5.57 Å². The molecule has 0 unspecified atom stereocenters. The van der Waals surface area contributed by atoms with Crippen molar-refractivity contribution in [1.82, 2.24) is 0 Å². The topological polar surface area (TPSA) is 0 Å². The lowest BCUT2D eigenvalue weighted by molar-refractivity contribution is -0.216. The van der Waals surface area contributed by atoms with Crippen molar-refractivity contribution in [2.45, 2.75) is 18.0 Å². The molecule has 0 saturated carbocycles. The van der Waals surface area contributed by atoms with E-state index in [9.17, 15) is 30.7 Å². The number of hydrogen-bond donors (Lipinski definition) is 0. The van der Waals surface area contributed by atoms with Gasteiger partial charge in [-0.1, -0.05) is 30.3 Å². The van der Waals surface area contributed by atoms with Gasteiger partial charge in [-0.25, -0.2) is 0 Å². The van der Waals surface area contributed by atoms with E-state index in [0.29, 0.717) is 0 Å². The number of hydrogen-bond acceptors (Lipinski definition) is 0. The Balaban J connectivity index is 2.68. The zero-order valence-electron chi connectivity index (χ0n) is 8.53. The second kappa shape index (κ2) is 3.49. The van der Waals surface area contributed by atoms with Crippen LogP contribution in [0.5, 0.6) is 0 Å². The van der Waals surface area contributed by atoms with Gasteiger partial charge in [-0.3, -0.25) is 0 Å². The summed E-state index contributed by atoms with van der Waals surface area (Å²) < 4.78 is 89.3. The highest BCUT2D eigenvalue weighted by Crippen LogP contribution is 2.63. The molecule has 1 aliphatic carbocycles. The minimum atomic E-state index is -5.49. The summed E-state index contributed by atoms with van der Waals surface area (Å²) in [4.78, 5) is 0. The van der Waals surface area contributed by atoms with Crippen LogP contribution in [0.2, 0.25) is 0 Å². The van der Waals surface area contributed by atoms with E-state index in [1.54, 1.807) is 0 Å². The fraction of sp³-hybridized carbons (Fsp3) is 0.273. The average Bonchev–Trinajstić information content (AvgIpc) is 2.24. The standard InChI is InChI=1S/C11H5F7/c12-9(13)7(6-4-2-1-3-5-6)8(10(9,14)15)11(16,17)18/h1-5H. The molecular weight excluding hydrogens is 265 g/mol. The quantitative estimate of drug-likeness (QED) is 0.668. The zero-order chi connectivity index (χ0) is 13.8. The fourth-order valence-corrected chi connectivity index (χ4v) is 1.82. The zero-order valence-corrected chi connectivity index (χ0v) is 8.53. The van der Waals surface area contributed by atoms with Gasteiger partial charge in [0.05, 0.1) is 0 Å². The molecule has 0 aliphatic heterocycles. The third-order valence-corrected chi connectivity index (χ3v) is 2.62. The van der Waals surface area contributed by atoms with Gasteiger partial charge in [0.2, 0.25) is 0 Å². The fourth-order valence-electron chi connectivity index (χ4n) is 1.82. The predicted octanol–water partition coefficient (Wildman–Crippen LogP) is 4.29. The molecule has 0 nitrogen and oxygen atoms in total. The highest BCUT2D eigenvalue weighted by atomic mass is 19.4. The molecule has 2 rings (SSSR count). The van der Waals surface area contributed by atoms with Gasteiger partial charge in [-0.15, -0.1) is 0 Å². The Morgan fingerprint density at radius 1 is 0.778 bits per heavy atom. The summed E-state index contributed by atoms with van der Waals surface area (Å²) in [5.74, 6) is -9.99. The molecular formula is C11H5F7. The normalized spacial score (nSPS) is 21.7. The third kappa shape index (κ3) is 1.53. The van der Waals surface area contributed by atoms with Gasteiger partial charge in [-0.05, 0) is 5.56 Å². The lowest BCUT2D eigenvalue weighted by Crippen LogP contribution is -2.56. The summed E-state index contributed by atoms with van der Waals surface area (Å²) in [6.45, 7) is 0. The molecule has 1 aliphatic rings. The largest absolute Gasteiger partial charge is 0.419 e. The maximum Gasteiger partial charge on any atom is 0.419 e. The van der Waals surface area contributed by atoms with Crippen LogP contribution in [-0.2, 0) is 0 Å². The summed E-state index contributed by atoms with van der Waals surface area (Å²) in [6, 6.07) is 5.65. The van der Waals surface area contributed by atoms with Crippen LogP contribution < -0.4 is 0 Å². The molecule has 0 atom stereocenters. The Morgan fingerprint density at radius 2 is 1.28 bits per heavy atom. The molecule has 0 saturated heterocycles. The number of rotatable bonds is 1. The van der Waals surface area contributed by atoms with Crippen molar-refractivity contribution in [2.24, 2.45) is 0 Å². The summed E-state index contributed by atoms with van der Waals surface area (Å²) >= 11 is 0. The van der Waals surface area contributed by atoms with E-state index in [2.05, 4.69) is 0 Å². The molecule has 7 heteroatoms. The second-order valence-electron chi connectivity index (χ2n) is 3.76. The Bertz CT molecular complexity index is 496. The van der Waals surface area contributed by atoms with Crippen molar-refractivity contribution in [3.8, 4) is 0 Å². The van der Waals surface area contributed by atoms with Gasteiger partial charge in [-0.2, -0.15) is 30.7 Å². The van der Waals surface area contributed by atoms with Gasteiger partial charge in [0, 0.05) is 5.57 Å². The first-order valence-corrected chi connectivity index (χ1v) is 4.73. The number of allylic oxidation sites excluding steroid dienone is 2. The van der Waals surface area contributed by atoms with Crippen molar-refractivity contribution in [1.29, 1.82) is 0 Å². The molecule has 0 aromatic heterocycles. The first kappa shape index (κ1) is 12.9. The number of halogens is 7. The molecule has 18 heavy (non-hydrogen) atoms. The van der Waals surface area contributed by atoms with Crippen LogP contribution >= 0.6 is 0 Å². The molecule has 0 fully saturated rings. The number of benzene rings is 1. The van der Waals surface area contributed by atoms with Gasteiger partial charge in [0.1, 0.15) is 5.57 Å². The highest BCUT2D eigenvalue weighted by Gasteiger charge is 2.77. The van der Waals surface area contributed by atoms with Crippen LogP contribution in [0, 0.1) is 0 Å². The van der Waals surface area contributed by atoms with Gasteiger partial charge in [0.15, 0.2) is 0 Å². The van der Waals surface area contributed by atoms with E-state index in [-0.39, 0.29) is 0 Å². The average molecular weight is 270 g/mol. The highest BCUT2D eigenvalue weighted by molar-refractivity contribution is 5.84. The molecule has 0 radical (unpaired) electrons. The SMILES string of the molecule is FC(F)(F)C1=C(c2ccccc2)C(F)(F)C1(F)F. The minimum absolute atomic E-state index is 0.555. The maximum atomic E-state index is 13.1. The van der Waals surface area contributed by atoms with E-state index < -0.39 is 34.7 Å². The molecule has 1 aromatic carbocycles. The molecule has 0 amide bonds. The summed E-state index contributed by atoms with van der Waals surface area (Å²) in [6.07, 6.45) is -5.49. The summed E-state index contributed by atoms with van der Waals surface area (Å²) in [5, 5.41) is 0. The van der Waals surface area contributed by atoms with Crippen LogP contribution in [0.3, 0.4) is 0 Å². The summed E-state index contributed by atoms with van der Waals surface area (Å²) in [7, 11) is 0. The van der Waals surface area contributed by atoms with Crippen molar-refractivity contribution in [3.05, 3.63) is 41.5 Å². The van der Waals surface area contributed by atoms with Crippen molar-refractivity contribution >= 4 is 5.57 Å². The molecule has 98 valence electrons. The van der Waals surface area contributed by atoms with E-state index >= 15 is 0 Å². The Morgan fingerprint density at radius 3 is 1.72 bits per heavy atom. The first-order valence-electron chi connectivity index (χ1n) is 4.73. The van der Waals surface area contributed by atoms with E-state index in [0.717, 1.165) is 12.1 Å². The molecule has 0 heterocycles. The van der Waals surface area contributed by atoms with Crippen LogP contribution in [0.15, 0.2) is 35.9 Å². The van der Waals surface area contributed by atoms with Crippen molar-refractivity contribution in [3.63, 3.8) is 0 Å².